The van der Waals surface area contributed by atoms with E-state index >= 15 is 0 Å². The van der Waals surface area contributed by atoms with Crippen LogP contribution in [0.4, 0.5) is 13.2 Å². The molecule has 0 aromatic heterocycles. The molecule has 1 heterocycles. The van der Waals surface area contributed by atoms with Crippen molar-refractivity contribution in [3.63, 3.8) is 0 Å². The van der Waals surface area contributed by atoms with Crippen LogP contribution in [-0.2, 0) is 17.6 Å². The van der Waals surface area contributed by atoms with Crippen molar-refractivity contribution >= 4 is 44.4 Å². The fourth-order valence-electron chi connectivity index (χ4n) is 2.54. The zero-order valence-electron chi connectivity index (χ0n) is 12.9. The van der Waals surface area contributed by atoms with Crippen molar-refractivity contribution in [3.05, 3.63) is 37.4 Å². The Hall–Kier alpha value is -0.770. The predicted molar refractivity (Wildman–Crippen MR) is 97.2 cm³/mol. The van der Waals surface area contributed by atoms with E-state index in [0.29, 0.717) is 25.2 Å². The summed E-state index contributed by atoms with van der Waals surface area (Å²) in [6, 6.07) is 1.88. The molecule has 0 bridgehead atoms. The standard InChI is InChI=1S/C16H16BrF3INO2/c1-2-3-8-24-14-12(17)9-10-4-6-22(15(23)16(18,19)20)7-5-11(10)13(14)21/h2-3,9H,4-8H2,1H3. The summed E-state index contributed by atoms with van der Waals surface area (Å²) in [5, 5.41) is 0. The van der Waals surface area contributed by atoms with Crippen LogP contribution in [0.15, 0.2) is 22.7 Å². The van der Waals surface area contributed by atoms with E-state index in [4.69, 9.17) is 4.74 Å². The highest BCUT2D eigenvalue weighted by atomic mass is 127. The number of benzene rings is 1. The van der Waals surface area contributed by atoms with Gasteiger partial charge in [-0.2, -0.15) is 13.2 Å². The van der Waals surface area contributed by atoms with Crippen LogP contribution >= 0.6 is 38.5 Å². The van der Waals surface area contributed by atoms with Gasteiger partial charge in [-0.3, -0.25) is 4.79 Å². The zero-order valence-corrected chi connectivity index (χ0v) is 16.7. The predicted octanol–water partition coefficient (Wildman–Crippen LogP) is 4.50. The van der Waals surface area contributed by atoms with Crippen molar-refractivity contribution in [1.29, 1.82) is 0 Å². The second kappa shape index (κ2) is 8.07. The van der Waals surface area contributed by atoms with E-state index in [-0.39, 0.29) is 13.1 Å². The number of carbonyl (C=O) groups excluding carboxylic acids is 1. The number of carbonyl (C=O) groups is 1. The van der Waals surface area contributed by atoms with Crippen LogP contribution in [0, 0.1) is 3.57 Å². The Balaban J connectivity index is 2.25. The number of hydrogen-bond acceptors (Lipinski definition) is 2. The molecule has 2 rings (SSSR count). The highest BCUT2D eigenvalue weighted by Crippen LogP contribution is 2.37. The first-order chi connectivity index (χ1) is 11.3. The molecule has 0 fully saturated rings. The summed E-state index contributed by atoms with van der Waals surface area (Å²) < 4.78 is 45.3. The second-order valence-electron chi connectivity index (χ2n) is 5.31. The van der Waals surface area contributed by atoms with Crippen LogP contribution in [0.1, 0.15) is 18.1 Å². The summed E-state index contributed by atoms with van der Waals surface area (Å²) in [4.78, 5) is 12.4. The molecular formula is C16H16BrF3INO2. The van der Waals surface area contributed by atoms with Crippen molar-refractivity contribution in [2.24, 2.45) is 0 Å². The van der Waals surface area contributed by atoms with Crippen LogP contribution in [-0.4, -0.2) is 36.7 Å². The highest BCUT2D eigenvalue weighted by Gasteiger charge is 2.42. The van der Waals surface area contributed by atoms with E-state index in [9.17, 15) is 18.0 Å². The van der Waals surface area contributed by atoms with E-state index in [1.54, 1.807) is 0 Å². The molecule has 132 valence electrons. The van der Waals surface area contributed by atoms with Crippen molar-refractivity contribution in [2.45, 2.75) is 25.9 Å². The molecule has 0 radical (unpaired) electrons. The van der Waals surface area contributed by atoms with E-state index in [2.05, 4.69) is 38.5 Å². The minimum absolute atomic E-state index is 0.0529. The summed E-state index contributed by atoms with van der Waals surface area (Å²) >= 11 is 5.62. The van der Waals surface area contributed by atoms with Gasteiger partial charge in [0, 0.05) is 13.1 Å². The molecule has 1 aliphatic heterocycles. The Bertz CT molecular complexity index is 662. The van der Waals surface area contributed by atoms with E-state index in [1.165, 1.54) is 0 Å². The number of alkyl halides is 3. The lowest BCUT2D eigenvalue weighted by Gasteiger charge is -2.21. The van der Waals surface area contributed by atoms with E-state index in [1.807, 2.05) is 25.1 Å². The average molecular weight is 518 g/mol. The molecule has 1 aromatic rings. The number of fused-ring (bicyclic) bond motifs is 1. The number of ether oxygens (including phenoxy) is 1. The Morgan fingerprint density at radius 1 is 1.42 bits per heavy atom. The average Bonchev–Trinajstić information content (AvgIpc) is 2.71. The molecule has 24 heavy (non-hydrogen) atoms. The summed E-state index contributed by atoms with van der Waals surface area (Å²) in [6.07, 6.45) is -0.308. The first-order valence-corrected chi connectivity index (χ1v) is 9.22. The monoisotopic (exact) mass is 517 g/mol. The van der Waals surface area contributed by atoms with Crippen molar-refractivity contribution in [3.8, 4) is 5.75 Å². The van der Waals surface area contributed by atoms with E-state index < -0.39 is 12.1 Å². The number of rotatable bonds is 3. The van der Waals surface area contributed by atoms with Crippen LogP contribution in [0.25, 0.3) is 0 Å². The molecule has 0 spiro atoms. The van der Waals surface area contributed by atoms with Crippen molar-refractivity contribution in [1.82, 2.24) is 4.90 Å². The first-order valence-electron chi connectivity index (χ1n) is 7.35. The Morgan fingerprint density at radius 2 is 2.08 bits per heavy atom. The molecule has 3 nitrogen and oxygen atoms in total. The van der Waals surface area contributed by atoms with Crippen molar-refractivity contribution < 1.29 is 22.7 Å². The maximum absolute atomic E-state index is 12.6. The maximum Gasteiger partial charge on any atom is 0.471 e. The molecule has 0 saturated carbocycles. The van der Waals surface area contributed by atoms with E-state index in [0.717, 1.165) is 24.1 Å². The smallest absolute Gasteiger partial charge is 0.471 e. The number of allylic oxidation sites excluding steroid dienone is 1. The molecule has 8 heteroatoms. The summed E-state index contributed by atoms with van der Waals surface area (Å²) in [5.74, 6) is -1.09. The molecule has 0 unspecified atom stereocenters. The minimum atomic E-state index is -4.83. The number of nitrogens with zero attached hydrogens (tertiary/aromatic N) is 1. The molecule has 1 aliphatic rings. The number of halogens is 5. The Labute approximate surface area is 160 Å². The fourth-order valence-corrected chi connectivity index (χ4v) is 4.56. The molecule has 0 N–H and O–H groups in total. The van der Waals surface area contributed by atoms with Crippen LogP contribution in [0.3, 0.4) is 0 Å². The normalized spacial score (nSPS) is 15.3. The van der Waals surface area contributed by atoms with Gasteiger partial charge in [0.05, 0.1) is 8.04 Å². The topological polar surface area (TPSA) is 29.5 Å². The lowest BCUT2D eigenvalue weighted by molar-refractivity contribution is -0.185. The van der Waals surface area contributed by atoms with Gasteiger partial charge in [0.1, 0.15) is 12.4 Å². The van der Waals surface area contributed by atoms with Gasteiger partial charge in [-0.05, 0) is 75.5 Å². The third kappa shape index (κ3) is 4.44. The zero-order chi connectivity index (χ0) is 17.9. The lowest BCUT2D eigenvalue weighted by Crippen LogP contribution is -2.42. The maximum atomic E-state index is 12.6. The summed E-state index contributed by atoms with van der Waals surface area (Å²) in [5.41, 5.74) is 1.90. The highest BCUT2D eigenvalue weighted by molar-refractivity contribution is 14.1. The third-order valence-electron chi connectivity index (χ3n) is 3.74. The number of amides is 1. The molecule has 0 aliphatic carbocycles. The minimum Gasteiger partial charge on any atom is -0.487 e. The molecule has 1 aromatic carbocycles. The van der Waals surface area contributed by atoms with Gasteiger partial charge in [-0.25, -0.2) is 0 Å². The summed E-state index contributed by atoms with van der Waals surface area (Å²) in [7, 11) is 0. The molecule has 0 saturated heterocycles. The summed E-state index contributed by atoms with van der Waals surface area (Å²) in [6.45, 7) is 2.43. The van der Waals surface area contributed by atoms with Crippen LogP contribution in [0.5, 0.6) is 5.75 Å². The fraction of sp³-hybridized carbons (Fsp3) is 0.438. The van der Waals surface area contributed by atoms with Gasteiger partial charge in [-0.15, -0.1) is 0 Å². The number of hydrogen-bond donors (Lipinski definition) is 0. The third-order valence-corrected chi connectivity index (χ3v) is 5.47. The van der Waals surface area contributed by atoms with Gasteiger partial charge in [0.2, 0.25) is 0 Å². The van der Waals surface area contributed by atoms with Gasteiger partial charge in [0.15, 0.2) is 0 Å². The van der Waals surface area contributed by atoms with Crippen LogP contribution < -0.4 is 4.74 Å². The second-order valence-corrected chi connectivity index (χ2v) is 7.24. The first kappa shape index (κ1) is 19.6. The van der Waals surface area contributed by atoms with Crippen LogP contribution in [0.2, 0.25) is 0 Å². The van der Waals surface area contributed by atoms with Gasteiger partial charge in [-0.1, -0.05) is 12.2 Å². The SMILES string of the molecule is CC=CCOc1c(Br)cc2c(c1I)CCN(C(=O)C(F)(F)F)CC2. The molecule has 1 amide bonds. The Morgan fingerprint density at radius 3 is 2.71 bits per heavy atom. The van der Waals surface area contributed by atoms with Gasteiger partial charge in [0.25, 0.3) is 0 Å². The van der Waals surface area contributed by atoms with Gasteiger partial charge < -0.3 is 9.64 Å². The largest absolute Gasteiger partial charge is 0.487 e. The lowest BCUT2D eigenvalue weighted by atomic mass is 10.0. The Kier molecular flexibility index (Phi) is 6.58. The molecule has 0 atom stereocenters. The molecular weight excluding hydrogens is 502 g/mol. The van der Waals surface area contributed by atoms with Crippen molar-refractivity contribution in [2.75, 3.05) is 19.7 Å². The van der Waals surface area contributed by atoms with Gasteiger partial charge >= 0.3 is 12.1 Å². The quantitative estimate of drug-likeness (QED) is 0.436.